The Kier molecular flexibility index (Phi) is 7.32. The number of halogens is 1. The highest BCUT2D eigenvalue weighted by Crippen LogP contribution is 2.23. The van der Waals surface area contributed by atoms with Gasteiger partial charge in [-0.25, -0.2) is 0 Å². The van der Waals surface area contributed by atoms with Gasteiger partial charge in [-0.1, -0.05) is 20.8 Å². The number of rotatable bonds is 3. The predicted octanol–water partition coefficient (Wildman–Crippen LogP) is 3.03. The van der Waals surface area contributed by atoms with Crippen molar-refractivity contribution in [2.45, 2.75) is 46.5 Å². The second kappa shape index (κ2) is 8.23. The van der Waals surface area contributed by atoms with Crippen molar-refractivity contribution in [3.05, 3.63) is 0 Å². The molecule has 0 aromatic carbocycles. The van der Waals surface area contributed by atoms with Gasteiger partial charge in [0, 0.05) is 25.6 Å². The summed E-state index contributed by atoms with van der Waals surface area (Å²) in [6.45, 7) is 12.2. The lowest BCUT2D eigenvalue weighted by atomic mass is 9.92. The molecule has 3 nitrogen and oxygen atoms in total. The van der Waals surface area contributed by atoms with Gasteiger partial charge in [0.15, 0.2) is 0 Å². The molecule has 2 heterocycles. The molecule has 4 heteroatoms. The van der Waals surface area contributed by atoms with Crippen LogP contribution in [0, 0.1) is 17.8 Å². The number of piperidine rings is 2. The lowest BCUT2D eigenvalue weighted by molar-refractivity contribution is -0.138. The highest BCUT2D eigenvalue weighted by Gasteiger charge is 2.30. The van der Waals surface area contributed by atoms with E-state index < -0.39 is 0 Å². The highest BCUT2D eigenvalue weighted by atomic mass is 35.5. The summed E-state index contributed by atoms with van der Waals surface area (Å²) in [5.41, 5.74) is 0. The molecular formula is C16H31ClN2O. The van der Waals surface area contributed by atoms with E-state index in [0.29, 0.717) is 17.7 Å². The maximum atomic E-state index is 12.5. The molecule has 0 spiro atoms. The molecule has 1 atom stereocenters. The molecule has 0 bridgehead atoms. The summed E-state index contributed by atoms with van der Waals surface area (Å²) in [6, 6.07) is 0. The van der Waals surface area contributed by atoms with Crippen LogP contribution in [0.3, 0.4) is 0 Å². The molecule has 2 aliphatic heterocycles. The summed E-state index contributed by atoms with van der Waals surface area (Å²) < 4.78 is 0. The molecule has 118 valence electrons. The van der Waals surface area contributed by atoms with E-state index in [1.165, 1.54) is 19.4 Å². The molecule has 0 aromatic rings. The number of carbonyl (C=O) groups is 1. The largest absolute Gasteiger partial charge is 0.342 e. The number of hydrogen-bond donors (Lipinski definition) is 0. The first-order valence-corrected chi connectivity index (χ1v) is 8.07. The van der Waals surface area contributed by atoms with E-state index in [2.05, 4.69) is 30.6 Å². The number of carbonyl (C=O) groups excluding carboxylic acids is 1. The van der Waals surface area contributed by atoms with Crippen LogP contribution in [0.1, 0.15) is 46.5 Å². The third-order valence-corrected chi connectivity index (χ3v) is 4.53. The van der Waals surface area contributed by atoms with Gasteiger partial charge in [-0.05, 0) is 50.6 Å². The monoisotopic (exact) mass is 302 g/mol. The van der Waals surface area contributed by atoms with Gasteiger partial charge in [-0.2, -0.15) is 0 Å². The SMILES string of the molecule is CC(C)CN1CCC(C(=O)N2CCCC(C)C2)CC1.Cl. The zero-order valence-electron chi connectivity index (χ0n) is 13.3. The molecule has 0 saturated carbocycles. The van der Waals surface area contributed by atoms with Crippen molar-refractivity contribution in [3.63, 3.8) is 0 Å². The van der Waals surface area contributed by atoms with Crippen LogP contribution in [-0.2, 0) is 4.79 Å². The van der Waals surface area contributed by atoms with E-state index in [4.69, 9.17) is 0 Å². The molecule has 2 aliphatic rings. The first kappa shape index (κ1) is 17.8. The van der Waals surface area contributed by atoms with Gasteiger partial charge in [-0.3, -0.25) is 4.79 Å². The minimum Gasteiger partial charge on any atom is -0.342 e. The molecule has 0 aromatic heterocycles. The predicted molar refractivity (Wildman–Crippen MR) is 86.2 cm³/mol. The molecule has 1 unspecified atom stereocenters. The average Bonchev–Trinajstić information content (AvgIpc) is 2.38. The second-order valence-electron chi connectivity index (χ2n) is 7.00. The van der Waals surface area contributed by atoms with Crippen molar-refractivity contribution in [2.75, 3.05) is 32.7 Å². The summed E-state index contributed by atoms with van der Waals surface area (Å²) >= 11 is 0. The fourth-order valence-electron chi connectivity index (χ4n) is 3.53. The molecule has 2 fully saturated rings. The summed E-state index contributed by atoms with van der Waals surface area (Å²) in [6.07, 6.45) is 4.61. The molecule has 2 rings (SSSR count). The molecule has 2 saturated heterocycles. The number of hydrogen-bond acceptors (Lipinski definition) is 2. The third kappa shape index (κ3) is 4.92. The summed E-state index contributed by atoms with van der Waals surface area (Å²) in [5.74, 6) is 2.17. The van der Waals surface area contributed by atoms with Crippen LogP contribution >= 0.6 is 12.4 Å². The first-order valence-electron chi connectivity index (χ1n) is 8.07. The molecule has 0 aliphatic carbocycles. The Labute approximate surface area is 130 Å². The smallest absolute Gasteiger partial charge is 0.225 e. The quantitative estimate of drug-likeness (QED) is 0.800. The molecule has 1 amide bonds. The Bertz CT molecular complexity index is 301. The van der Waals surface area contributed by atoms with Crippen LogP contribution in [0.15, 0.2) is 0 Å². The van der Waals surface area contributed by atoms with Crippen LogP contribution in [-0.4, -0.2) is 48.4 Å². The minimum absolute atomic E-state index is 0. The van der Waals surface area contributed by atoms with Crippen molar-refractivity contribution in [1.82, 2.24) is 9.80 Å². The van der Waals surface area contributed by atoms with Crippen molar-refractivity contribution in [3.8, 4) is 0 Å². The van der Waals surface area contributed by atoms with Gasteiger partial charge in [0.1, 0.15) is 0 Å². The van der Waals surface area contributed by atoms with Crippen molar-refractivity contribution in [1.29, 1.82) is 0 Å². The Morgan fingerprint density at radius 2 is 1.80 bits per heavy atom. The lowest BCUT2D eigenvalue weighted by Gasteiger charge is -2.37. The maximum Gasteiger partial charge on any atom is 0.225 e. The van der Waals surface area contributed by atoms with Crippen LogP contribution in [0.4, 0.5) is 0 Å². The fraction of sp³-hybridized carbons (Fsp3) is 0.938. The first-order chi connectivity index (χ1) is 9.06. The maximum absolute atomic E-state index is 12.5. The van der Waals surface area contributed by atoms with E-state index >= 15 is 0 Å². The van der Waals surface area contributed by atoms with Gasteiger partial charge in [0.05, 0.1) is 0 Å². The van der Waals surface area contributed by atoms with E-state index in [0.717, 1.165) is 44.9 Å². The fourth-order valence-corrected chi connectivity index (χ4v) is 3.53. The Balaban J connectivity index is 0.00000200. The van der Waals surface area contributed by atoms with Gasteiger partial charge >= 0.3 is 0 Å². The zero-order chi connectivity index (χ0) is 13.8. The van der Waals surface area contributed by atoms with Gasteiger partial charge in [-0.15, -0.1) is 12.4 Å². The second-order valence-corrected chi connectivity index (χ2v) is 7.00. The number of likely N-dealkylation sites (tertiary alicyclic amines) is 2. The van der Waals surface area contributed by atoms with Crippen molar-refractivity contribution in [2.24, 2.45) is 17.8 Å². The minimum atomic E-state index is 0. The van der Waals surface area contributed by atoms with E-state index in [9.17, 15) is 4.79 Å². The molecule has 20 heavy (non-hydrogen) atoms. The van der Waals surface area contributed by atoms with Crippen molar-refractivity contribution < 1.29 is 4.79 Å². The van der Waals surface area contributed by atoms with Crippen LogP contribution in [0.25, 0.3) is 0 Å². The molecule has 0 radical (unpaired) electrons. The summed E-state index contributed by atoms with van der Waals surface area (Å²) in [7, 11) is 0. The topological polar surface area (TPSA) is 23.6 Å². The van der Waals surface area contributed by atoms with Crippen LogP contribution in [0.2, 0.25) is 0 Å². The average molecular weight is 303 g/mol. The van der Waals surface area contributed by atoms with Gasteiger partial charge in [0.25, 0.3) is 0 Å². The van der Waals surface area contributed by atoms with Gasteiger partial charge in [0.2, 0.25) is 5.91 Å². The zero-order valence-corrected chi connectivity index (χ0v) is 14.1. The molecule has 0 N–H and O–H groups in total. The molecular weight excluding hydrogens is 272 g/mol. The third-order valence-electron chi connectivity index (χ3n) is 4.53. The summed E-state index contributed by atoms with van der Waals surface area (Å²) in [4.78, 5) is 17.2. The number of amides is 1. The van der Waals surface area contributed by atoms with Crippen molar-refractivity contribution >= 4 is 18.3 Å². The Morgan fingerprint density at radius 3 is 2.35 bits per heavy atom. The highest BCUT2D eigenvalue weighted by molar-refractivity contribution is 5.85. The Morgan fingerprint density at radius 1 is 1.15 bits per heavy atom. The summed E-state index contributed by atoms with van der Waals surface area (Å²) in [5, 5.41) is 0. The van der Waals surface area contributed by atoms with E-state index in [1.54, 1.807) is 0 Å². The van der Waals surface area contributed by atoms with E-state index in [1.807, 2.05) is 0 Å². The van der Waals surface area contributed by atoms with Crippen LogP contribution in [0.5, 0.6) is 0 Å². The van der Waals surface area contributed by atoms with E-state index in [-0.39, 0.29) is 12.4 Å². The standard InChI is InChI=1S/C16H30N2O.ClH/c1-13(2)11-17-9-6-15(7-10-17)16(19)18-8-4-5-14(3)12-18;/h13-15H,4-12H2,1-3H3;1H. The van der Waals surface area contributed by atoms with Crippen LogP contribution < -0.4 is 0 Å². The number of nitrogens with zero attached hydrogens (tertiary/aromatic N) is 2. The normalized spacial score (nSPS) is 25.6. The van der Waals surface area contributed by atoms with Gasteiger partial charge < -0.3 is 9.80 Å². The lowest BCUT2D eigenvalue weighted by Crippen LogP contribution is -2.46. The Hall–Kier alpha value is -0.280.